The Morgan fingerprint density at radius 2 is 1.86 bits per heavy atom. The molecule has 0 spiro atoms. The van der Waals surface area contributed by atoms with Crippen molar-refractivity contribution >= 4 is 22.0 Å². The van der Waals surface area contributed by atoms with Gasteiger partial charge in [-0.3, -0.25) is 4.79 Å². The van der Waals surface area contributed by atoms with E-state index in [1.54, 1.807) is 5.32 Å². The van der Waals surface area contributed by atoms with Crippen molar-refractivity contribution in [2.75, 3.05) is 6.54 Å². The Morgan fingerprint density at radius 1 is 1.29 bits per heavy atom. The largest absolute Gasteiger partial charge is 0.408 e. The second kappa shape index (κ2) is 9.19. The minimum atomic E-state index is -5.02. The first-order valence-corrected chi connectivity index (χ1v) is 9.03. The maximum absolute atomic E-state index is 13.1. The molecule has 12 heteroatoms. The summed E-state index contributed by atoms with van der Waals surface area (Å²) in [7, 11) is 1.47. The third-order valence-corrected chi connectivity index (χ3v) is 4.69. The van der Waals surface area contributed by atoms with Gasteiger partial charge >= 0.3 is 18.4 Å². The zero-order valence-electron chi connectivity index (χ0n) is 15.3. The molecule has 0 aliphatic rings. The molecule has 0 saturated heterocycles. The van der Waals surface area contributed by atoms with E-state index in [1.165, 1.54) is 37.7 Å². The van der Waals surface area contributed by atoms with Crippen LogP contribution < -0.4 is 10.9 Å². The standard InChI is InChI=1S/C16H20BrF6N3O2/c1-4-26(9(2)10-7-11(17)13(27)25(3)8-10)14(28)24-12(16(21,22)23)5-6-15(18,19)20/h7-9,12H,4-6H2,1-3H3,(H,24,28). The fourth-order valence-corrected chi connectivity index (χ4v) is 3.10. The maximum atomic E-state index is 13.1. The lowest BCUT2D eigenvalue weighted by Crippen LogP contribution is -2.51. The monoisotopic (exact) mass is 479 g/mol. The SMILES string of the molecule is CCN(C(=O)NC(CCC(F)(F)F)C(F)(F)F)C(C)c1cc(Br)c(=O)n(C)c1. The van der Waals surface area contributed by atoms with Gasteiger partial charge in [-0.2, -0.15) is 26.3 Å². The minimum Gasteiger partial charge on any atom is -0.326 e. The number of nitrogens with zero attached hydrogens (tertiary/aromatic N) is 2. The molecule has 1 aromatic rings. The van der Waals surface area contributed by atoms with Gasteiger partial charge in [0.05, 0.1) is 10.5 Å². The lowest BCUT2D eigenvalue weighted by molar-refractivity contribution is -0.171. The molecule has 0 aliphatic heterocycles. The topological polar surface area (TPSA) is 54.3 Å². The van der Waals surface area contributed by atoms with Gasteiger partial charge in [-0.1, -0.05) is 0 Å². The molecule has 2 atom stereocenters. The van der Waals surface area contributed by atoms with Gasteiger partial charge in [0, 0.05) is 26.2 Å². The Kier molecular flexibility index (Phi) is 7.98. The zero-order valence-corrected chi connectivity index (χ0v) is 16.9. The molecule has 2 unspecified atom stereocenters. The van der Waals surface area contributed by atoms with Crippen LogP contribution in [0.15, 0.2) is 21.5 Å². The van der Waals surface area contributed by atoms with Crippen LogP contribution in [0.25, 0.3) is 0 Å². The second-order valence-corrected chi connectivity index (χ2v) is 7.05. The van der Waals surface area contributed by atoms with Crippen LogP contribution in [0, 0.1) is 0 Å². The Hall–Kier alpha value is -1.72. The average Bonchev–Trinajstić information content (AvgIpc) is 2.54. The molecule has 1 rings (SSSR count). The van der Waals surface area contributed by atoms with E-state index in [2.05, 4.69) is 15.9 Å². The highest BCUT2D eigenvalue weighted by Crippen LogP contribution is 2.29. The molecule has 0 bridgehead atoms. The van der Waals surface area contributed by atoms with E-state index in [-0.39, 0.29) is 16.6 Å². The molecule has 1 N–H and O–H groups in total. The van der Waals surface area contributed by atoms with Crippen molar-refractivity contribution in [2.45, 2.75) is 51.1 Å². The number of nitrogens with one attached hydrogen (secondary N) is 1. The van der Waals surface area contributed by atoms with Crippen LogP contribution in [0.4, 0.5) is 31.1 Å². The first-order chi connectivity index (χ1) is 12.7. The summed E-state index contributed by atoms with van der Waals surface area (Å²) >= 11 is 3.07. The molecule has 1 aromatic heterocycles. The molecule has 0 radical (unpaired) electrons. The number of aromatic nitrogens is 1. The highest BCUT2D eigenvalue weighted by molar-refractivity contribution is 9.10. The molecule has 0 saturated carbocycles. The molecule has 0 aromatic carbocycles. The van der Waals surface area contributed by atoms with Crippen LogP contribution in [0.2, 0.25) is 0 Å². The van der Waals surface area contributed by atoms with Gasteiger partial charge in [0.15, 0.2) is 0 Å². The Balaban J connectivity index is 3.03. The number of hydrogen-bond donors (Lipinski definition) is 1. The van der Waals surface area contributed by atoms with Gasteiger partial charge in [-0.25, -0.2) is 4.79 Å². The molecule has 28 heavy (non-hydrogen) atoms. The average molecular weight is 480 g/mol. The molecule has 0 fully saturated rings. The van der Waals surface area contributed by atoms with E-state index >= 15 is 0 Å². The van der Waals surface area contributed by atoms with Gasteiger partial charge in [-0.05, 0) is 47.8 Å². The Labute approximate surface area is 165 Å². The summed E-state index contributed by atoms with van der Waals surface area (Å²) < 4.78 is 77.5. The summed E-state index contributed by atoms with van der Waals surface area (Å²) in [6.45, 7) is 3.05. The van der Waals surface area contributed by atoms with E-state index in [9.17, 15) is 35.9 Å². The highest BCUT2D eigenvalue weighted by atomic mass is 79.9. The summed E-state index contributed by atoms with van der Waals surface area (Å²) in [4.78, 5) is 25.1. The number of halogens is 7. The number of aryl methyl sites for hydroxylation is 1. The number of carbonyl (C=O) groups is 1. The molecule has 1 heterocycles. The van der Waals surface area contributed by atoms with Crippen LogP contribution in [0.5, 0.6) is 0 Å². The second-order valence-electron chi connectivity index (χ2n) is 6.20. The Bertz CT molecular complexity index is 721. The summed E-state index contributed by atoms with van der Waals surface area (Å²) in [6, 6.07) is -3.07. The van der Waals surface area contributed by atoms with E-state index in [4.69, 9.17) is 0 Å². The van der Waals surface area contributed by atoms with Crippen molar-refractivity contribution in [2.24, 2.45) is 7.05 Å². The van der Waals surface area contributed by atoms with Crippen LogP contribution >= 0.6 is 15.9 Å². The first-order valence-electron chi connectivity index (χ1n) is 8.24. The van der Waals surface area contributed by atoms with E-state index in [0.29, 0.717) is 5.56 Å². The molecule has 2 amide bonds. The van der Waals surface area contributed by atoms with Crippen molar-refractivity contribution in [1.82, 2.24) is 14.8 Å². The van der Waals surface area contributed by atoms with Gasteiger partial charge in [0.25, 0.3) is 5.56 Å². The molecular formula is C16H20BrF6N3O2. The number of carbonyl (C=O) groups excluding carboxylic acids is 1. The summed E-state index contributed by atoms with van der Waals surface area (Å²) in [6.07, 6.45) is -11.3. The predicted molar refractivity (Wildman–Crippen MR) is 93.8 cm³/mol. The van der Waals surface area contributed by atoms with Crippen molar-refractivity contribution < 1.29 is 31.1 Å². The molecule has 160 valence electrons. The lowest BCUT2D eigenvalue weighted by Gasteiger charge is -2.31. The van der Waals surface area contributed by atoms with Crippen molar-refractivity contribution in [1.29, 1.82) is 0 Å². The summed E-state index contributed by atoms with van der Waals surface area (Å²) in [5.41, 5.74) is 0.123. The van der Waals surface area contributed by atoms with Crippen molar-refractivity contribution in [3.05, 3.63) is 32.7 Å². The smallest absolute Gasteiger partial charge is 0.326 e. The van der Waals surface area contributed by atoms with Gasteiger partial charge in [0.2, 0.25) is 0 Å². The third kappa shape index (κ3) is 6.71. The summed E-state index contributed by atoms with van der Waals surface area (Å²) in [5.74, 6) is 0. The Morgan fingerprint density at radius 3 is 2.29 bits per heavy atom. The quantitative estimate of drug-likeness (QED) is 0.610. The van der Waals surface area contributed by atoms with Gasteiger partial charge in [-0.15, -0.1) is 0 Å². The fourth-order valence-electron chi connectivity index (χ4n) is 2.56. The third-order valence-electron chi connectivity index (χ3n) is 4.12. The molecular weight excluding hydrogens is 460 g/mol. The minimum absolute atomic E-state index is 0.00267. The molecule has 5 nitrogen and oxygen atoms in total. The predicted octanol–water partition coefficient (Wildman–Crippen LogP) is 4.51. The number of alkyl halides is 6. The summed E-state index contributed by atoms with van der Waals surface area (Å²) in [5, 5.41) is 1.65. The van der Waals surface area contributed by atoms with Crippen LogP contribution in [0.3, 0.4) is 0 Å². The normalized spacial score (nSPS) is 14.5. The van der Waals surface area contributed by atoms with Crippen LogP contribution in [-0.2, 0) is 7.05 Å². The van der Waals surface area contributed by atoms with Gasteiger partial charge in [0.1, 0.15) is 6.04 Å². The fraction of sp³-hybridized carbons (Fsp3) is 0.625. The zero-order chi connectivity index (χ0) is 21.9. The number of hydrogen-bond acceptors (Lipinski definition) is 2. The number of rotatable bonds is 6. The molecule has 0 aliphatic carbocycles. The highest BCUT2D eigenvalue weighted by Gasteiger charge is 2.43. The number of amides is 2. The van der Waals surface area contributed by atoms with E-state index < -0.39 is 43.3 Å². The van der Waals surface area contributed by atoms with Crippen LogP contribution in [0.1, 0.15) is 38.3 Å². The number of pyridine rings is 1. The van der Waals surface area contributed by atoms with Crippen molar-refractivity contribution in [3.63, 3.8) is 0 Å². The maximum Gasteiger partial charge on any atom is 0.408 e. The van der Waals surface area contributed by atoms with Crippen molar-refractivity contribution in [3.8, 4) is 0 Å². The van der Waals surface area contributed by atoms with Crippen LogP contribution in [-0.4, -0.2) is 40.4 Å². The number of urea groups is 1. The lowest BCUT2D eigenvalue weighted by atomic mass is 10.1. The van der Waals surface area contributed by atoms with Gasteiger partial charge < -0.3 is 14.8 Å². The van der Waals surface area contributed by atoms with E-state index in [0.717, 1.165) is 4.90 Å². The first kappa shape index (κ1) is 24.3. The van der Waals surface area contributed by atoms with E-state index in [1.807, 2.05) is 0 Å².